The molecule has 2 N–H and O–H groups in total. The van der Waals surface area contributed by atoms with Gasteiger partial charge in [-0.05, 0) is 31.2 Å². The fourth-order valence-corrected chi connectivity index (χ4v) is 4.21. The number of thioether (sulfide) groups is 1. The molecule has 1 saturated heterocycles. The van der Waals surface area contributed by atoms with E-state index in [1.807, 2.05) is 31.2 Å². The first-order chi connectivity index (χ1) is 12.2. The number of rotatable bonds is 7. The largest absolute Gasteiger partial charge is 0.351 e. The lowest BCUT2D eigenvalue weighted by Gasteiger charge is -2.27. The van der Waals surface area contributed by atoms with E-state index < -0.39 is 0 Å². The molecule has 0 aliphatic carbocycles. The molecule has 9 heteroatoms. The number of nitrogens with one attached hydrogen (secondary N) is 2. The van der Waals surface area contributed by atoms with Gasteiger partial charge in [0.2, 0.25) is 0 Å². The predicted octanol–water partition coefficient (Wildman–Crippen LogP) is 3.22. The molecular formula is C18H26Cl2N4OS2. The van der Waals surface area contributed by atoms with Gasteiger partial charge in [0.15, 0.2) is 0 Å². The summed E-state index contributed by atoms with van der Waals surface area (Å²) in [6, 6.07) is 7.81. The number of nitrogens with zero attached hydrogens (tertiary/aromatic N) is 2. The monoisotopic (exact) mass is 448 g/mol. The van der Waals surface area contributed by atoms with Crippen molar-refractivity contribution in [2.45, 2.75) is 17.6 Å². The summed E-state index contributed by atoms with van der Waals surface area (Å²) < 4.78 is 0. The molecule has 0 unspecified atom stereocenters. The lowest BCUT2D eigenvalue weighted by molar-refractivity contribution is 0.0947. The van der Waals surface area contributed by atoms with Gasteiger partial charge in [-0.2, -0.15) is 0 Å². The number of piperazine rings is 1. The second-order valence-electron chi connectivity index (χ2n) is 6.02. The minimum absolute atomic E-state index is 0. The Hall–Kier alpha value is -0.830. The Morgan fingerprint density at radius 2 is 1.96 bits per heavy atom. The molecule has 1 fully saturated rings. The summed E-state index contributed by atoms with van der Waals surface area (Å²) in [5, 5.41) is 9.54. The Labute approximate surface area is 181 Å². The van der Waals surface area contributed by atoms with Crippen LogP contribution in [0, 0.1) is 6.92 Å². The smallest absolute Gasteiger partial charge is 0.251 e. The number of carbonyl (C=O) groups is 1. The van der Waals surface area contributed by atoms with Crippen molar-refractivity contribution in [3.05, 3.63) is 45.9 Å². The number of amides is 1. The molecule has 0 bridgehead atoms. The summed E-state index contributed by atoms with van der Waals surface area (Å²) in [5.41, 5.74) is 1.83. The molecular weight excluding hydrogens is 423 g/mol. The Balaban J connectivity index is 0.00000182. The molecule has 2 heterocycles. The minimum atomic E-state index is 0. The van der Waals surface area contributed by atoms with Crippen LogP contribution in [0.3, 0.4) is 0 Å². The highest BCUT2D eigenvalue weighted by Gasteiger charge is 2.10. The average Bonchev–Trinajstić information content (AvgIpc) is 3.06. The summed E-state index contributed by atoms with van der Waals surface area (Å²) in [4.78, 5) is 20.2. The Morgan fingerprint density at radius 3 is 2.59 bits per heavy atom. The van der Waals surface area contributed by atoms with Crippen LogP contribution >= 0.6 is 47.9 Å². The van der Waals surface area contributed by atoms with Crippen molar-refractivity contribution in [3.8, 4) is 0 Å². The van der Waals surface area contributed by atoms with Gasteiger partial charge in [-0.1, -0.05) is 0 Å². The van der Waals surface area contributed by atoms with Crippen molar-refractivity contribution < 1.29 is 4.79 Å². The summed E-state index contributed by atoms with van der Waals surface area (Å²) in [5.74, 6) is 0.863. The van der Waals surface area contributed by atoms with Crippen LogP contribution in [-0.2, 0) is 5.75 Å². The summed E-state index contributed by atoms with van der Waals surface area (Å²) in [7, 11) is 0. The van der Waals surface area contributed by atoms with E-state index >= 15 is 0 Å². The van der Waals surface area contributed by atoms with Crippen LogP contribution in [0.15, 0.2) is 34.5 Å². The molecule has 2 aromatic rings. The molecule has 0 saturated carbocycles. The van der Waals surface area contributed by atoms with E-state index in [2.05, 4.69) is 25.9 Å². The van der Waals surface area contributed by atoms with Gasteiger partial charge in [0, 0.05) is 60.9 Å². The summed E-state index contributed by atoms with van der Waals surface area (Å²) >= 11 is 3.42. The Bertz CT molecular complexity index is 691. The Morgan fingerprint density at radius 1 is 1.26 bits per heavy atom. The molecule has 1 amide bonds. The van der Waals surface area contributed by atoms with Gasteiger partial charge in [0.05, 0.1) is 10.7 Å². The first kappa shape index (κ1) is 24.2. The fraction of sp³-hybridized carbons (Fsp3) is 0.444. The van der Waals surface area contributed by atoms with Crippen molar-refractivity contribution in [2.24, 2.45) is 0 Å². The number of benzene rings is 1. The summed E-state index contributed by atoms with van der Waals surface area (Å²) in [6.45, 7) is 7.81. The third kappa shape index (κ3) is 7.97. The van der Waals surface area contributed by atoms with Gasteiger partial charge < -0.3 is 10.6 Å². The molecule has 3 rings (SSSR count). The van der Waals surface area contributed by atoms with Crippen molar-refractivity contribution >= 4 is 53.8 Å². The second kappa shape index (κ2) is 12.6. The standard InChI is InChI=1S/C18H24N4OS2.2ClH/c1-14-21-16(12-24-14)13-25-17-4-2-15(3-5-17)18(23)20-8-11-22-9-6-19-7-10-22;;/h2-5,12,19H,6-11,13H2,1H3,(H,20,23);2*1H. The fourth-order valence-electron chi connectivity index (χ4n) is 2.70. The predicted molar refractivity (Wildman–Crippen MR) is 119 cm³/mol. The van der Waals surface area contributed by atoms with Gasteiger partial charge in [0.1, 0.15) is 0 Å². The number of aromatic nitrogens is 1. The molecule has 0 atom stereocenters. The van der Waals surface area contributed by atoms with Gasteiger partial charge in [-0.25, -0.2) is 4.98 Å². The van der Waals surface area contributed by atoms with E-state index in [0.717, 1.165) is 54.1 Å². The number of hydrogen-bond donors (Lipinski definition) is 2. The molecule has 1 aromatic carbocycles. The third-order valence-corrected chi connectivity index (χ3v) is 5.96. The van der Waals surface area contributed by atoms with Crippen LogP contribution in [-0.4, -0.2) is 55.1 Å². The number of halogens is 2. The number of thiazole rings is 1. The third-order valence-electron chi connectivity index (χ3n) is 4.09. The van der Waals surface area contributed by atoms with Crippen molar-refractivity contribution in [1.82, 2.24) is 20.5 Å². The lowest BCUT2D eigenvalue weighted by Crippen LogP contribution is -2.46. The molecule has 1 aliphatic rings. The first-order valence-corrected chi connectivity index (χ1v) is 10.4. The maximum atomic E-state index is 12.2. The van der Waals surface area contributed by atoms with Crippen LogP contribution < -0.4 is 10.6 Å². The normalized spacial score (nSPS) is 14.1. The van der Waals surface area contributed by atoms with Gasteiger partial charge in [0.25, 0.3) is 5.91 Å². The first-order valence-electron chi connectivity index (χ1n) is 8.56. The van der Waals surface area contributed by atoms with Crippen LogP contribution in [0.2, 0.25) is 0 Å². The zero-order valence-corrected chi connectivity index (χ0v) is 18.5. The molecule has 5 nitrogen and oxygen atoms in total. The number of hydrogen-bond acceptors (Lipinski definition) is 6. The molecule has 150 valence electrons. The molecule has 0 spiro atoms. The van der Waals surface area contributed by atoms with E-state index in [4.69, 9.17) is 0 Å². The minimum Gasteiger partial charge on any atom is -0.351 e. The van der Waals surface area contributed by atoms with E-state index in [1.165, 1.54) is 0 Å². The number of aryl methyl sites for hydroxylation is 1. The van der Waals surface area contributed by atoms with E-state index in [0.29, 0.717) is 12.1 Å². The van der Waals surface area contributed by atoms with Crippen molar-refractivity contribution in [2.75, 3.05) is 39.3 Å². The zero-order chi connectivity index (χ0) is 17.5. The maximum absolute atomic E-state index is 12.2. The van der Waals surface area contributed by atoms with E-state index in [9.17, 15) is 4.79 Å². The molecule has 1 aliphatic heterocycles. The molecule has 0 radical (unpaired) electrons. The van der Waals surface area contributed by atoms with Crippen LogP contribution in [0.4, 0.5) is 0 Å². The quantitative estimate of drug-likeness (QED) is 0.636. The maximum Gasteiger partial charge on any atom is 0.251 e. The van der Waals surface area contributed by atoms with Gasteiger partial charge in [-0.15, -0.1) is 47.9 Å². The molecule has 1 aromatic heterocycles. The topological polar surface area (TPSA) is 57.3 Å². The van der Waals surface area contributed by atoms with E-state index in [1.54, 1.807) is 23.1 Å². The van der Waals surface area contributed by atoms with Crippen LogP contribution in [0.1, 0.15) is 21.1 Å². The van der Waals surface area contributed by atoms with E-state index in [-0.39, 0.29) is 30.7 Å². The van der Waals surface area contributed by atoms with Crippen LogP contribution in [0.5, 0.6) is 0 Å². The van der Waals surface area contributed by atoms with Gasteiger partial charge >= 0.3 is 0 Å². The highest BCUT2D eigenvalue weighted by atomic mass is 35.5. The van der Waals surface area contributed by atoms with Crippen LogP contribution in [0.25, 0.3) is 0 Å². The highest BCUT2D eigenvalue weighted by Crippen LogP contribution is 2.23. The van der Waals surface area contributed by atoms with Gasteiger partial charge in [-0.3, -0.25) is 9.69 Å². The Kier molecular flexibility index (Phi) is 11.3. The van der Waals surface area contributed by atoms with Crippen molar-refractivity contribution in [3.63, 3.8) is 0 Å². The SMILES string of the molecule is Cc1nc(CSc2ccc(C(=O)NCCN3CCNCC3)cc2)cs1.Cl.Cl. The average molecular weight is 449 g/mol. The second-order valence-corrected chi connectivity index (χ2v) is 8.13. The number of carbonyl (C=O) groups excluding carboxylic acids is 1. The zero-order valence-electron chi connectivity index (χ0n) is 15.3. The lowest BCUT2D eigenvalue weighted by atomic mass is 10.2. The van der Waals surface area contributed by atoms with Crippen molar-refractivity contribution in [1.29, 1.82) is 0 Å². The molecule has 27 heavy (non-hydrogen) atoms. The highest BCUT2D eigenvalue weighted by molar-refractivity contribution is 7.98. The summed E-state index contributed by atoms with van der Waals surface area (Å²) in [6.07, 6.45) is 0.